The van der Waals surface area contributed by atoms with Crippen LogP contribution in [-0.2, 0) is 0 Å². The molecule has 3 heterocycles. The zero-order valence-electron chi connectivity index (χ0n) is 30.9. The summed E-state index contributed by atoms with van der Waals surface area (Å²) >= 11 is 0. The normalized spacial score (nSPS) is 11.9. The number of hydrogen-bond donors (Lipinski definition) is 0. The highest BCUT2D eigenvalue weighted by Gasteiger charge is 2.18. The van der Waals surface area contributed by atoms with Crippen LogP contribution in [0.1, 0.15) is 0 Å². The molecule has 0 N–H and O–H groups in total. The molecule has 0 aliphatic heterocycles. The smallest absolute Gasteiger partial charge is 0.135 e. The van der Waals surface area contributed by atoms with Crippen molar-refractivity contribution in [3.63, 3.8) is 0 Å². The number of para-hydroxylation sites is 4. The van der Waals surface area contributed by atoms with Crippen molar-refractivity contribution in [1.29, 1.82) is 0 Å². The summed E-state index contributed by atoms with van der Waals surface area (Å²) in [5.74, 6) is 0. The molecular weight excluding hydrogens is 693 g/mol. The topological polar surface area (TPSA) is 23.0 Å². The van der Waals surface area contributed by atoms with E-state index in [0.717, 1.165) is 27.6 Å². The van der Waals surface area contributed by atoms with E-state index in [4.69, 9.17) is 4.42 Å². The van der Waals surface area contributed by atoms with E-state index in [0.29, 0.717) is 0 Å². The third-order valence-electron chi connectivity index (χ3n) is 11.7. The molecule has 0 atom stereocenters. The summed E-state index contributed by atoms with van der Waals surface area (Å²) in [6.45, 7) is 0. The van der Waals surface area contributed by atoms with Gasteiger partial charge in [-0.05, 0) is 112 Å². The summed E-state index contributed by atoms with van der Waals surface area (Å²) in [7, 11) is 0. The van der Waals surface area contributed by atoms with Crippen LogP contribution < -0.4 is 0 Å². The molecule has 0 saturated carbocycles. The molecule has 0 saturated heterocycles. The molecule has 0 bridgehead atoms. The van der Waals surface area contributed by atoms with Crippen LogP contribution in [0, 0.1) is 0 Å². The number of aromatic nitrogens is 2. The molecule has 0 unspecified atom stereocenters. The molecule has 3 nitrogen and oxygen atoms in total. The molecule has 0 aliphatic rings. The Morgan fingerprint density at radius 3 is 1.53 bits per heavy atom. The van der Waals surface area contributed by atoms with Crippen molar-refractivity contribution >= 4 is 65.6 Å². The molecule has 0 aliphatic carbocycles. The number of hydrogen-bond acceptors (Lipinski definition) is 1. The van der Waals surface area contributed by atoms with Crippen LogP contribution in [0.3, 0.4) is 0 Å². The van der Waals surface area contributed by atoms with E-state index < -0.39 is 0 Å². The Hall–Kier alpha value is -7.62. The Morgan fingerprint density at radius 1 is 0.281 bits per heavy atom. The average Bonchev–Trinajstić information content (AvgIpc) is 3.94. The Labute approximate surface area is 328 Å². The van der Waals surface area contributed by atoms with Gasteiger partial charge in [-0.15, -0.1) is 0 Å². The maximum atomic E-state index is 6.17. The molecule has 0 radical (unpaired) electrons. The van der Waals surface area contributed by atoms with Gasteiger partial charge in [-0.25, -0.2) is 0 Å². The molecule has 3 heteroatoms. The first kappa shape index (κ1) is 31.7. The van der Waals surface area contributed by atoms with Crippen molar-refractivity contribution in [3.05, 3.63) is 206 Å². The maximum absolute atomic E-state index is 6.17. The molecule has 0 spiro atoms. The molecule has 266 valence electrons. The van der Waals surface area contributed by atoms with E-state index in [1.54, 1.807) is 0 Å². The molecule has 57 heavy (non-hydrogen) atoms. The van der Waals surface area contributed by atoms with Gasteiger partial charge in [-0.3, -0.25) is 0 Å². The Bertz CT molecular complexity index is 3490. The van der Waals surface area contributed by atoms with Crippen LogP contribution in [-0.4, -0.2) is 9.13 Å². The van der Waals surface area contributed by atoms with Crippen molar-refractivity contribution in [2.24, 2.45) is 0 Å². The average molecular weight is 727 g/mol. The quantitative estimate of drug-likeness (QED) is 0.173. The van der Waals surface area contributed by atoms with Crippen LogP contribution >= 0.6 is 0 Å². The zero-order valence-corrected chi connectivity index (χ0v) is 30.9. The largest absolute Gasteiger partial charge is 0.456 e. The maximum Gasteiger partial charge on any atom is 0.135 e. The minimum atomic E-state index is 0.909. The van der Waals surface area contributed by atoms with E-state index in [9.17, 15) is 0 Å². The fourth-order valence-corrected chi connectivity index (χ4v) is 9.10. The van der Waals surface area contributed by atoms with E-state index in [1.165, 1.54) is 82.7 Å². The van der Waals surface area contributed by atoms with E-state index >= 15 is 0 Å². The van der Waals surface area contributed by atoms with Crippen LogP contribution in [0.25, 0.3) is 110 Å². The number of furan rings is 1. The zero-order chi connectivity index (χ0) is 37.5. The second-order valence-corrected chi connectivity index (χ2v) is 14.9. The molecule has 0 amide bonds. The van der Waals surface area contributed by atoms with Gasteiger partial charge >= 0.3 is 0 Å². The summed E-state index contributed by atoms with van der Waals surface area (Å²) in [5, 5.41) is 7.26. The Kier molecular flexibility index (Phi) is 6.93. The van der Waals surface area contributed by atoms with E-state index in [1.807, 2.05) is 12.1 Å². The number of benzene rings is 9. The predicted octanol–water partition coefficient (Wildman–Crippen LogP) is 14.8. The van der Waals surface area contributed by atoms with Crippen LogP contribution in [0.2, 0.25) is 0 Å². The summed E-state index contributed by atoms with van der Waals surface area (Å²) in [6, 6.07) is 74.5. The van der Waals surface area contributed by atoms with Gasteiger partial charge in [0.25, 0.3) is 0 Å². The number of nitrogens with zero attached hydrogens (tertiary/aromatic N) is 2. The van der Waals surface area contributed by atoms with Crippen molar-refractivity contribution in [2.75, 3.05) is 0 Å². The Balaban J connectivity index is 1.00. The van der Waals surface area contributed by atoms with Gasteiger partial charge in [-0.1, -0.05) is 127 Å². The van der Waals surface area contributed by atoms with Gasteiger partial charge in [0.2, 0.25) is 0 Å². The standard InChI is InChI=1S/C54H34N2O/c1-3-12-40(13-4-1)55-48-19-9-7-16-43(48)45-32-37(26-29-49(45)55)35-22-24-36(25-23-35)42-18-11-20-51-54(42)47-34-38(27-30-50(47)56(51)41-14-5-2-6-15-41)39-28-31-53-46(33-39)44-17-8-10-21-52(44)57-53/h1-34H. The van der Waals surface area contributed by atoms with Crippen molar-refractivity contribution in [2.45, 2.75) is 0 Å². The van der Waals surface area contributed by atoms with E-state index in [2.05, 4.69) is 203 Å². The molecule has 12 rings (SSSR count). The molecule has 0 fully saturated rings. The first-order valence-corrected chi connectivity index (χ1v) is 19.5. The minimum absolute atomic E-state index is 0.909. The molecular formula is C54H34N2O. The summed E-state index contributed by atoms with van der Waals surface area (Å²) in [6.07, 6.45) is 0. The van der Waals surface area contributed by atoms with Crippen LogP contribution in [0.5, 0.6) is 0 Å². The highest BCUT2D eigenvalue weighted by Crippen LogP contribution is 2.42. The predicted molar refractivity (Wildman–Crippen MR) is 239 cm³/mol. The van der Waals surface area contributed by atoms with Crippen molar-refractivity contribution in [1.82, 2.24) is 9.13 Å². The minimum Gasteiger partial charge on any atom is -0.456 e. The third kappa shape index (κ3) is 4.92. The second-order valence-electron chi connectivity index (χ2n) is 14.9. The summed E-state index contributed by atoms with van der Waals surface area (Å²) < 4.78 is 10.9. The SMILES string of the molecule is c1ccc(-n2c3ccccc3c3cc(-c4ccc(-c5cccc6c5c5cc(-c7ccc8oc9ccccc9c8c7)ccc5n6-c5ccccc5)cc4)ccc32)cc1. The molecule has 12 aromatic rings. The van der Waals surface area contributed by atoms with Gasteiger partial charge in [0.15, 0.2) is 0 Å². The number of rotatable bonds is 5. The van der Waals surface area contributed by atoms with E-state index in [-0.39, 0.29) is 0 Å². The fourth-order valence-electron chi connectivity index (χ4n) is 9.10. The third-order valence-corrected chi connectivity index (χ3v) is 11.7. The first-order valence-electron chi connectivity index (χ1n) is 19.5. The lowest BCUT2D eigenvalue weighted by molar-refractivity contribution is 0.669. The molecule has 3 aromatic heterocycles. The lowest BCUT2D eigenvalue weighted by Crippen LogP contribution is -1.93. The highest BCUT2D eigenvalue weighted by atomic mass is 16.3. The van der Waals surface area contributed by atoms with Crippen LogP contribution in [0.15, 0.2) is 211 Å². The van der Waals surface area contributed by atoms with Crippen molar-refractivity contribution in [3.8, 4) is 44.8 Å². The van der Waals surface area contributed by atoms with Gasteiger partial charge in [0, 0.05) is 43.7 Å². The monoisotopic (exact) mass is 726 g/mol. The lowest BCUT2D eigenvalue weighted by Gasteiger charge is -2.10. The van der Waals surface area contributed by atoms with Gasteiger partial charge < -0.3 is 13.6 Å². The number of fused-ring (bicyclic) bond motifs is 9. The Morgan fingerprint density at radius 2 is 0.772 bits per heavy atom. The fraction of sp³-hybridized carbons (Fsp3) is 0. The van der Waals surface area contributed by atoms with Crippen LogP contribution in [0.4, 0.5) is 0 Å². The molecule has 9 aromatic carbocycles. The van der Waals surface area contributed by atoms with Gasteiger partial charge in [0.05, 0.1) is 22.1 Å². The summed E-state index contributed by atoms with van der Waals surface area (Å²) in [5.41, 5.74) is 16.1. The lowest BCUT2D eigenvalue weighted by atomic mass is 9.95. The second kappa shape index (κ2) is 12.5. The van der Waals surface area contributed by atoms with Gasteiger partial charge in [-0.2, -0.15) is 0 Å². The van der Waals surface area contributed by atoms with Crippen molar-refractivity contribution < 1.29 is 4.42 Å². The first-order chi connectivity index (χ1) is 28.3. The summed E-state index contributed by atoms with van der Waals surface area (Å²) in [4.78, 5) is 0. The van der Waals surface area contributed by atoms with Gasteiger partial charge in [0.1, 0.15) is 11.2 Å². The highest BCUT2D eigenvalue weighted by molar-refractivity contribution is 6.17.